The summed E-state index contributed by atoms with van der Waals surface area (Å²) < 4.78 is 37.6. The molecule has 108 valence electrons. The fraction of sp³-hybridized carbons (Fsp3) is 0.667. The summed E-state index contributed by atoms with van der Waals surface area (Å²) in [7, 11) is 0. The van der Waals surface area contributed by atoms with Gasteiger partial charge in [-0.1, -0.05) is 13.8 Å². The van der Waals surface area contributed by atoms with Gasteiger partial charge in [-0.05, 0) is 6.92 Å². The molecule has 1 heterocycles. The van der Waals surface area contributed by atoms with Crippen molar-refractivity contribution in [1.82, 2.24) is 9.97 Å². The maximum absolute atomic E-state index is 12.5. The third-order valence-electron chi connectivity index (χ3n) is 2.47. The Morgan fingerprint density at radius 1 is 1.32 bits per heavy atom. The lowest BCUT2D eigenvalue weighted by molar-refractivity contribution is -0.119. The topological polar surface area (TPSA) is 55.0 Å². The molecule has 0 aromatic carbocycles. The molecule has 0 radical (unpaired) electrons. The lowest BCUT2D eigenvalue weighted by Crippen LogP contribution is -2.38. The molecule has 0 aliphatic rings. The first-order chi connectivity index (χ1) is 8.73. The van der Waals surface area contributed by atoms with Crippen LogP contribution in [-0.4, -0.2) is 35.8 Å². The van der Waals surface area contributed by atoms with Crippen molar-refractivity contribution in [1.29, 1.82) is 0 Å². The van der Waals surface area contributed by atoms with Gasteiger partial charge in [0.05, 0.1) is 0 Å². The van der Waals surface area contributed by atoms with Crippen molar-refractivity contribution in [3.8, 4) is 0 Å². The molecule has 0 fully saturated rings. The molecule has 2 N–H and O–H groups in total. The summed E-state index contributed by atoms with van der Waals surface area (Å²) in [4.78, 5) is 9.56. The smallest absolute Gasteiger partial charge is 0.346 e. The van der Waals surface area contributed by atoms with Crippen LogP contribution in [0.25, 0.3) is 0 Å². The van der Waals surface area contributed by atoms with E-state index in [1.165, 1.54) is 0 Å². The molecule has 0 spiro atoms. The van der Waals surface area contributed by atoms with Gasteiger partial charge >= 0.3 is 6.18 Å². The molecule has 19 heavy (non-hydrogen) atoms. The molecular weight excluding hydrogens is 257 g/mol. The zero-order valence-corrected chi connectivity index (χ0v) is 11.3. The van der Waals surface area contributed by atoms with Crippen LogP contribution in [0.2, 0.25) is 0 Å². The maximum Gasteiger partial charge on any atom is 0.405 e. The van der Waals surface area contributed by atoms with Gasteiger partial charge in [-0.15, -0.1) is 0 Å². The molecule has 0 saturated carbocycles. The van der Waals surface area contributed by atoms with Crippen LogP contribution in [0.3, 0.4) is 0 Å². The highest BCUT2D eigenvalue weighted by Gasteiger charge is 2.31. The Kier molecular flexibility index (Phi) is 5.11. The van der Waals surface area contributed by atoms with Crippen molar-refractivity contribution in [2.75, 3.05) is 24.5 Å². The van der Waals surface area contributed by atoms with Crippen LogP contribution in [0.5, 0.6) is 0 Å². The van der Waals surface area contributed by atoms with Crippen LogP contribution >= 0.6 is 0 Å². The molecule has 0 atom stereocenters. The third kappa shape index (κ3) is 5.02. The Morgan fingerprint density at radius 3 is 2.42 bits per heavy atom. The van der Waals surface area contributed by atoms with Gasteiger partial charge in [-0.3, -0.25) is 0 Å². The zero-order chi connectivity index (χ0) is 14.6. The lowest BCUT2D eigenvalue weighted by atomic mass is 10.2. The Bertz CT molecular complexity index is 418. The predicted molar refractivity (Wildman–Crippen MR) is 68.2 cm³/mol. The largest absolute Gasteiger partial charge is 0.405 e. The molecule has 0 saturated heterocycles. The Hall–Kier alpha value is -1.37. The van der Waals surface area contributed by atoms with Gasteiger partial charge in [0.15, 0.2) is 0 Å². The van der Waals surface area contributed by atoms with Crippen molar-refractivity contribution in [2.24, 2.45) is 5.73 Å². The minimum Gasteiger partial charge on any atom is -0.346 e. The summed E-state index contributed by atoms with van der Waals surface area (Å²) in [6.07, 6.45) is -4.29. The van der Waals surface area contributed by atoms with E-state index in [-0.39, 0.29) is 24.8 Å². The van der Waals surface area contributed by atoms with Gasteiger partial charge in [0.1, 0.15) is 18.2 Å². The van der Waals surface area contributed by atoms with E-state index >= 15 is 0 Å². The van der Waals surface area contributed by atoms with Gasteiger partial charge in [-0.2, -0.15) is 13.2 Å². The van der Waals surface area contributed by atoms with Gasteiger partial charge in [-0.25, -0.2) is 9.97 Å². The number of rotatable bonds is 5. The van der Waals surface area contributed by atoms with Crippen LogP contribution < -0.4 is 10.6 Å². The monoisotopic (exact) mass is 276 g/mol. The molecule has 0 aliphatic carbocycles. The van der Waals surface area contributed by atoms with E-state index in [1.54, 1.807) is 13.0 Å². The SMILES string of the molecule is Cc1cc(N(CCN)CC(F)(F)F)nc(C(C)C)n1. The molecule has 4 nitrogen and oxygen atoms in total. The fourth-order valence-electron chi connectivity index (χ4n) is 1.64. The van der Waals surface area contributed by atoms with Crippen molar-refractivity contribution < 1.29 is 13.2 Å². The first kappa shape index (κ1) is 15.7. The van der Waals surface area contributed by atoms with Crippen LogP contribution in [0.4, 0.5) is 19.0 Å². The van der Waals surface area contributed by atoms with Gasteiger partial charge < -0.3 is 10.6 Å². The van der Waals surface area contributed by atoms with Gasteiger partial charge in [0.25, 0.3) is 0 Å². The average Bonchev–Trinajstić information content (AvgIpc) is 2.25. The van der Waals surface area contributed by atoms with Gasteiger partial charge in [0, 0.05) is 30.8 Å². The molecule has 1 rings (SSSR count). The predicted octanol–water partition coefficient (Wildman–Crippen LogP) is 2.24. The number of anilines is 1. The average molecular weight is 276 g/mol. The van der Waals surface area contributed by atoms with Crippen LogP contribution in [0.1, 0.15) is 31.3 Å². The summed E-state index contributed by atoms with van der Waals surface area (Å²) in [5.41, 5.74) is 6.02. The Morgan fingerprint density at radius 2 is 1.95 bits per heavy atom. The second kappa shape index (κ2) is 6.18. The fourth-order valence-corrected chi connectivity index (χ4v) is 1.64. The molecule has 0 bridgehead atoms. The molecule has 7 heteroatoms. The molecular formula is C12H19F3N4. The number of hydrogen-bond acceptors (Lipinski definition) is 4. The summed E-state index contributed by atoms with van der Waals surface area (Å²) >= 11 is 0. The van der Waals surface area contributed by atoms with Crippen molar-refractivity contribution in [3.63, 3.8) is 0 Å². The van der Waals surface area contributed by atoms with Crippen molar-refractivity contribution in [2.45, 2.75) is 32.9 Å². The number of aryl methyl sites for hydroxylation is 1. The van der Waals surface area contributed by atoms with E-state index in [1.807, 2.05) is 13.8 Å². The van der Waals surface area contributed by atoms with Crippen LogP contribution in [0.15, 0.2) is 6.07 Å². The Balaban J connectivity index is 3.07. The van der Waals surface area contributed by atoms with Crippen molar-refractivity contribution in [3.05, 3.63) is 17.6 Å². The zero-order valence-electron chi connectivity index (χ0n) is 11.3. The number of alkyl halides is 3. The highest BCUT2D eigenvalue weighted by Crippen LogP contribution is 2.22. The number of halogens is 3. The van der Waals surface area contributed by atoms with E-state index in [9.17, 15) is 13.2 Å². The molecule has 1 aromatic rings. The number of hydrogen-bond donors (Lipinski definition) is 1. The molecule has 0 aliphatic heterocycles. The highest BCUT2D eigenvalue weighted by molar-refractivity contribution is 5.40. The first-order valence-corrected chi connectivity index (χ1v) is 6.10. The minimum absolute atomic E-state index is 0.0595. The lowest BCUT2D eigenvalue weighted by Gasteiger charge is -2.25. The molecule has 1 aromatic heterocycles. The summed E-state index contributed by atoms with van der Waals surface area (Å²) in [5.74, 6) is 0.877. The van der Waals surface area contributed by atoms with Crippen LogP contribution in [-0.2, 0) is 0 Å². The Labute approximate surface area is 110 Å². The van der Waals surface area contributed by atoms with E-state index in [4.69, 9.17) is 5.73 Å². The second-order valence-corrected chi connectivity index (χ2v) is 4.71. The van der Waals surface area contributed by atoms with Crippen molar-refractivity contribution >= 4 is 5.82 Å². The minimum atomic E-state index is -4.29. The van der Waals surface area contributed by atoms with E-state index < -0.39 is 12.7 Å². The third-order valence-corrected chi connectivity index (χ3v) is 2.47. The van der Waals surface area contributed by atoms with Crippen LogP contribution in [0, 0.1) is 6.92 Å². The van der Waals surface area contributed by atoms with E-state index in [0.717, 1.165) is 4.90 Å². The summed E-state index contributed by atoms with van der Waals surface area (Å²) in [5, 5.41) is 0. The number of nitrogens with zero attached hydrogens (tertiary/aromatic N) is 3. The van der Waals surface area contributed by atoms with E-state index in [2.05, 4.69) is 9.97 Å². The first-order valence-electron chi connectivity index (χ1n) is 6.10. The highest BCUT2D eigenvalue weighted by atomic mass is 19.4. The quantitative estimate of drug-likeness (QED) is 0.896. The molecule has 0 unspecified atom stereocenters. The van der Waals surface area contributed by atoms with Gasteiger partial charge in [0.2, 0.25) is 0 Å². The normalized spacial score (nSPS) is 12.0. The summed E-state index contributed by atoms with van der Waals surface area (Å²) in [6.45, 7) is 4.72. The van der Waals surface area contributed by atoms with E-state index in [0.29, 0.717) is 11.5 Å². The number of nitrogens with two attached hydrogens (primary N) is 1. The molecule has 0 amide bonds. The maximum atomic E-state index is 12.5. The number of aromatic nitrogens is 2. The summed E-state index contributed by atoms with van der Waals surface area (Å²) in [6, 6.07) is 1.55. The second-order valence-electron chi connectivity index (χ2n) is 4.71. The standard InChI is InChI=1S/C12H19F3N4/c1-8(2)11-17-9(3)6-10(18-11)19(5-4-16)7-12(13,14)15/h6,8H,4-5,7,16H2,1-3H3.